The number of benzene rings is 3. The molecule has 8 heteroatoms. The largest absolute Gasteiger partial charge is 0.352 e. The third-order valence-corrected chi connectivity index (χ3v) is 7.67. The zero-order chi connectivity index (χ0) is 24.3. The maximum absolute atomic E-state index is 13.1. The fourth-order valence-electron chi connectivity index (χ4n) is 3.89. The number of amides is 1. The Morgan fingerprint density at radius 3 is 2.09 bits per heavy atom. The van der Waals surface area contributed by atoms with Crippen LogP contribution in [-0.4, -0.2) is 43.8 Å². The van der Waals surface area contributed by atoms with Crippen molar-refractivity contribution < 1.29 is 22.8 Å². The van der Waals surface area contributed by atoms with Gasteiger partial charge in [0.15, 0.2) is 11.6 Å². The van der Waals surface area contributed by atoms with Crippen molar-refractivity contribution in [1.82, 2.24) is 9.62 Å². The molecule has 0 saturated carbocycles. The fourth-order valence-corrected chi connectivity index (χ4v) is 5.12. The summed E-state index contributed by atoms with van der Waals surface area (Å²) in [7, 11) is -2.48. The molecule has 4 rings (SSSR count). The van der Waals surface area contributed by atoms with Crippen LogP contribution >= 0.6 is 0 Å². The van der Waals surface area contributed by atoms with Gasteiger partial charge >= 0.3 is 0 Å². The molecule has 0 atom stereocenters. The van der Waals surface area contributed by atoms with Gasteiger partial charge in [-0.3, -0.25) is 14.4 Å². The van der Waals surface area contributed by atoms with Crippen LogP contribution < -0.4 is 5.32 Å². The number of hydrogen-bond acceptors (Lipinski definition) is 5. The van der Waals surface area contributed by atoms with E-state index in [1.807, 2.05) is 30.3 Å². The number of fused-ring (bicyclic) bond motifs is 2. The van der Waals surface area contributed by atoms with Gasteiger partial charge in [0.05, 0.1) is 4.90 Å². The third-order valence-electron chi connectivity index (χ3n) is 5.81. The van der Waals surface area contributed by atoms with E-state index in [0.29, 0.717) is 18.5 Å². The summed E-state index contributed by atoms with van der Waals surface area (Å²) in [6.45, 7) is 0.548. The van der Waals surface area contributed by atoms with Gasteiger partial charge < -0.3 is 5.32 Å². The minimum absolute atomic E-state index is 0.0668. The molecule has 0 unspecified atom stereocenters. The Hall–Kier alpha value is -3.62. The summed E-state index contributed by atoms with van der Waals surface area (Å²) in [5.41, 5.74) is 1.85. The van der Waals surface area contributed by atoms with Crippen LogP contribution in [-0.2, 0) is 21.4 Å². The quantitative estimate of drug-likeness (QED) is 0.421. The van der Waals surface area contributed by atoms with E-state index in [1.54, 1.807) is 24.3 Å². The average molecular weight is 477 g/mol. The Morgan fingerprint density at radius 1 is 0.824 bits per heavy atom. The van der Waals surface area contributed by atoms with Crippen LogP contribution in [0.15, 0.2) is 77.7 Å². The monoisotopic (exact) mass is 476 g/mol. The number of sulfonamides is 1. The van der Waals surface area contributed by atoms with Crippen molar-refractivity contribution in [3.05, 3.63) is 101 Å². The van der Waals surface area contributed by atoms with E-state index in [0.717, 1.165) is 9.87 Å². The Morgan fingerprint density at radius 2 is 1.41 bits per heavy atom. The minimum atomic E-state index is -3.91. The number of hydrogen-bond donors (Lipinski definition) is 1. The Labute approximate surface area is 198 Å². The molecule has 7 nitrogen and oxygen atoms in total. The van der Waals surface area contributed by atoms with Crippen LogP contribution in [0.4, 0.5) is 0 Å². The number of carbonyl (C=O) groups excluding carboxylic acids is 3. The maximum atomic E-state index is 13.1. The predicted octanol–water partition coefficient (Wildman–Crippen LogP) is 3.18. The van der Waals surface area contributed by atoms with Gasteiger partial charge in [-0.15, -0.1) is 0 Å². The van der Waals surface area contributed by atoms with E-state index in [9.17, 15) is 22.8 Å². The second kappa shape index (κ2) is 9.70. The van der Waals surface area contributed by atoms with Crippen molar-refractivity contribution in [2.75, 3.05) is 13.6 Å². The second-order valence-electron chi connectivity index (χ2n) is 8.10. The molecule has 0 aromatic heterocycles. The SMILES string of the molecule is CN(CCCC(=O)NCc1ccccc1)S(=O)(=O)c1ccc2c(c1)C(=O)c1ccccc1C2=O. The van der Waals surface area contributed by atoms with Crippen LogP contribution in [0, 0.1) is 0 Å². The van der Waals surface area contributed by atoms with Gasteiger partial charge in [0, 0.05) is 48.8 Å². The van der Waals surface area contributed by atoms with E-state index in [4.69, 9.17) is 0 Å². The minimum Gasteiger partial charge on any atom is -0.352 e. The number of nitrogens with one attached hydrogen (secondary N) is 1. The highest BCUT2D eigenvalue weighted by Crippen LogP contribution is 2.29. The van der Waals surface area contributed by atoms with Crippen LogP contribution in [0.5, 0.6) is 0 Å². The molecule has 1 aliphatic carbocycles. The first-order valence-electron chi connectivity index (χ1n) is 10.9. The molecule has 0 radical (unpaired) electrons. The second-order valence-corrected chi connectivity index (χ2v) is 10.1. The molecule has 0 saturated heterocycles. The molecular weight excluding hydrogens is 452 g/mol. The molecule has 174 valence electrons. The summed E-state index contributed by atoms with van der Waals surface area (Å²) in [4.78, 5) is 37.7. The summed E-state index contributed by atoms with van der Waals surface area (Å²) in [5.74, 6) is -0.838. The van der Waals surface area contributed by atoms with Gasteiger partial charge in [0.1, 0.15) is 0 Å². The lowest BCUT2D eigenvalue weighted by Crippen LogP contribution is -2.30. The van der Waals surface area contributed by atoms with E-state index in [2.05, 4.69) is 5.32 Å². The van der Waals surface area contributed by atoms with Crippen molar-refractivity contribution in [1.29, 1.82) is 0 Å². The fraction of sp³-hybridized carbons (Fsp3) is 0.192. The molecule has 3 aromatic rings. The summed E-state index contributed by atoms with van der Waals surface area (Å²) < 4.78 is 27.3. The average Bonchev–Trinajstić information content (AvgIpc) is 2.86. The highest BCUT2D eigenvalue weighted by atomic mass is 32.2. The lowest BCUT2D eigenvalue weighted by molar-refractivity contribution is -0.121. The Bertz CT molecular complexity index is 1370. The first kappa shape index (κ1) is 23.5. The van der Waals surface area contributed by atoms with Crippen molar-refractivity contribution in [3.8, 4) is 0 Å². The first-order chi connectivity index (χ1) is 16.3. The Kier molecular flexibility index (Phi) is 6.72. The molecule has 1 amide bonds. The van der Waals surface area contributed by atoms with Crippen LogP contribution in [0.3, 0.4) is 0 Å². The molecule has 1 N–H and O–H groups in total. The number of nitrogens with zero attached hydrogens (tertiary/aromatic N) is 1. The summed E-state index contributed by atoms with van der Waals surface area (Å²) in [6.07, 6.45) is 0.521. The van der Waals surface area contributed by atoms with Crippen molar-refractivity contribution in [2.45, 2.75) is 24.3 Å². The molecular formula is C26H24N2O5S. The van der Waals surface area contributed by atoms with Crippen molar-refractivity contribution >= 4 is 27.5 Å². The zero-order valence-electron chi connectivity index (χ0n) is 18.7. The molecule has 3 aromatic carbocycles. The highest BCUT2D eigenvalue weighted by molar-refractivity contribution is 7.89. The highest BCUT2D eigenvalue weighted by Gasteiger charge is 2.31. The van der Waals surface area contributed by atoms with E-state index < -0.39 is 10.0 Å². The van der Waals surface area contributed by atoms with E-state index in [1.165, 1.54) is 25.2 Å². The van der Waals surface area contributed by atoms with Gasteiger partial charge in [-0.05, 0) is 30.2 Å². The Balaban J connectivity index is 1.40. The first-order valence-corrected chi connectivity index (χ1v) is 12.3. The third kappa shape index (κ3) is 4.69. The topological polar surface area (TPSA) is 101 Å². The molecule has 0 spiro atoms. The summed E-state index contributed by atoms with van der Waals surface area (Å²) >= 11 is 0. The maximum Gasteiger partial charge on any atom is 0.242 e. The molecule has 0 fully saturated rings. The number of carbonyl (C=O) groups is 3. The lowest BCUT2D eigenvalue weighted by Gasteiger charge is -2.20. The normalized spacial score (nSPS) is 12.9. The van der Waals surface area contributed by atoms with Gasteiger partial charge in [-0.1, -0.05) is 54.6 Å². The zero-order valence-corrected chi connectivity index (χ0v) is 19.5. The standard InChI is InChI=1S/C26H24N2O5S/c1-28(15-7-12-24(29)27-17-18-8-3-2-4-9-18)34(32,33)19-13-14-22-23(16-19)26(31)21-11-6-5-10-20(21)25(22)30/h2-6,8-11,13-14,16H,7,12,15,17H2,1H3,(H,27,29). The van der Waals surface area contributed by atoms with Crippen LogP contribution in [0.1, 0.15) is 50.2 Å². The molecule has 0 heterocycles. The molecule has 1 aliphatic rings. The van der Waals surface area contributed by atoms with Gasteiger partial charge in [0.2, 0.25) is 15.9 Å². The summed E-state index contributed by atoms with van der Waals surface area (Å²) in [6, 6.07) is 20.0. The van der Waals surface area contributed by atoms with Crippen molar-refractivity contribution in [2.24, 2.45) is 0 Å². The van der Waals surface area contributed by atoms with Crippen LogP contribution in [0.25, 0.3) is 0 Å². The number of ketones is 2. The smallest absolute Gasteiger partial charge is 0.242 e. The van der Waals surface area contributed by atoms with E-state index >= 15 is 0 Å². The summed E-state index contributed by atoms with van der Waals surface area (Å²) in [5, 5.41) is 2.82. The van der Waals surface area contributed by atoms with E-state index in [-0.39, 0.29) is 52.0 Å². The van der Waals surface area contributed by atoms with Gasteiger partial charge in [-0.2, -0.15) is 0 Å². The lowest BCUT2D eigenvalue weighted by atomic mass is 9.84. The molecule has 0 bridgehead atoms. The molecule has 34 heavy (non-hydrogen) atoms. The van der Waals surface area contributed by atoms with Crippen LogP contribution in [0.2, 0.25) is 0 Å². The van der Waals surface area contributed by atoms with Gasteiger partial charge in [0.25, 0.3) is 0 Å². The molecule has 0 aliphatic heterocycles. The van der Waals surface area contributed by atoms with Crippen molar-refractivity contribution in [3.63, 3.8) is 0 Å². The van der Waals surface area contributed by atoms with Gasteiger partial charge in [-0.25, -0.2) is 12.7 Å². The predicted molar refractivity (Wildman–Crippen MR) is 127 cm³/mol. The number of rotatable bonds is 8.